The number of nitrogens with zero attached hydrogens (tertiary/aromatic N) is 2. The van der Waals surface area contributed by atoms with Crippen molar-refractivity contribution in [1.82, 2.24) is 10.2 Å². The molecule has 0 aliphatic carbocycles. The van der Waals surface area contributed by atoms with Gasteiger partial charge in [-0.2, -0.15) is 0 Å². The number of carbonyl (C=O) groups excluding carboxylic acids is 1. The van der Waals surface area contributed by atoms with Gasteiger partial charge in [0.1, 0.15) is 5.75 Å². The van der Waals surface area contributed by atoms with Gasteiger partial charge in [-0.15, -0.1) is 5.10 Å². The van der Waals surface area contributed by atoms with Gasteiger partial charge in [0, 0.05) is 5.56 Å². The summed E-state index contributed by atoms with van der Waals surface area (Å²) in [5, 5.41) is 9.51. The first-order chi connectivity index (χ1) is 13.4. The fourth-order valence-electron chi connectivity index (χ4n) is 2.29. The summed E-state index contributed by atoms with van der Waals surface area (Å²) in [6.45, 7) is 3.00. The van der Waals surface area contributed by atoms with Crippen molar-refractivity contribution in [2.75, 3.05) is 11.9 Å². The molecule has 3 aromatic rings. The molecule has 0 bridgehead atoms. The van der Waals surface area contributed by atoms with Crippen molar-refractivity contribution in [3.63, 3.8) is 0 Å². The molecule has 1 aromatic heterocycles. The Morgan fingerprint density at radius 1 is 1.11 bits per heavy atom. The van der Waals surface area contributed by atoms with E-state index < -0.39 is 21.0 Å². The third-order valence-corrected chi connectivity index (χ3v) is 5.97. The van der Waals surface area contributed by atoms with Crippen LogP contribution >= 0.6 is 0 Å². The van der Waals surface area contributed by atoms with Gasteiger partial charge in [-0.25, -0.2) is 8.42 Å². The Morgan fingerprint density at radius 3 is 2.57 bits per heavy atom. The van der Waals surface area contributed by atoms with Crippen molar-refractivity contribution in [2.24, 2.45) is 0 Å². The van der Waals surface area contributed by atoms with E-state index in [0.717, 1.165) is 0 Å². The molecule has 0 unspecified atom stereocenters. The van der Waals surface area contributed by atoms with Crippen LogP contribution in [0.15, 0.2) is 63.9 Å². The summed E-state index contributed by atoms with van der Waals surface area (Å²) >= 11 is 0. The molecule has 146 valence electrons. The Bertz CT molecular complexity index is 1060. The first kappa shape index (κ1) is 19.6. The molecule has 0 spiro atoms. The number of hydrogen-bond acceptors (Lipinski definition) is 7. The van der Waals surface area contributed by atoms with Crippen LogP contribution in [-0.4, -0.2) is 36.4 Å². The molecule has 0 atom stereocenters. The van der Waals surface area contributed by atoms with E-state index in [1.165, 1.54) is 12.1 Å². The fourth-order valence-corrected chi connectivity index (χ4v) is 3.39. The Labute approximate surface area is 162 Å². The van der Waals surface area contributed by atoms with Gasteiger partial charge >= 0.3 is 6.01 Å². The molecular formula is C19H19N3O5S. The number of amides is 1. The molecule has 8 nitrogen and oxygen atoms in total. The minimum absolute atomic E-state index is 0.0973. The zero-order valence-corrected chi connectivity index (χ0v) is 16.1. The SMILES string of the molecule is CC(C)S(=O)(=O)c1cccc(-c2nnc(NC(=O)COc3ccccc3)o2)c1. The maximum atomic E-state index is 12.3. The number of hydrogen-bond donors (Lipinski definition) is 1. The highest BCUT2D eigenvalue weighted by molar-refractivity contribution is 7.92. The maximum Gasteiger partial charge on any atom is 0.322 e. The lowest BCUT2D eigenvalue weighted by Crippen LogP contribution is -2.20. The minimum atomic E-state index is -3.43. The first-order valence-corrected chi connectivity index (χ1v) is 10.1. The Kier molecular flexibility index (Phi) is 5.74. The maximum absolute atomic E-state index is 12.3. The second kappa shape index (κ2) is 8.22. The number of benzene rings is 2. The molecule has 0 radical (unpaired) electrons. The number of rotatable bonds is 7. The smallest absolute Gasteiger partial charge is 0.322 e. The van der Waals surface area contributed by atoms with Crippen molar-refractivity contribution in [1.29, 1.82) is 0 Å². The minimum Gasteiger partial charge on any atom is -0.484 e. The summed E-state index contributed by atoms with van der Waals surface area (Å²) < 4.78 is 35.4. The largest absolute Gasteiger partial charge is 0.484 e. The molecule has 9 heteroatoms. The number of ether oxygens (including phenoxy) is 1. The summed E-state index contributed by atoms with van der Waals surface area (Å²) in [4.78, 5) is 12.1. The van der Waals surface area contributed by atoms with Crippen molar-refractivity contribution in [3.8, 4) is 17.2 Å². The molecule has 1 amide bonds. The van der Waals surface area contributed by atoms with Crippen LogP contribution in [0, 0.1) is 0 Å². The molecule has 2 aromatic carbocycles. The molecule has 1 heterocycles. The molecule has 0 fully saturated rings. The van der Waals surface area contributed by atoms with E-state index in [0.29, 0.717) is 11.3 Å². The monoisotopic (exact) mass is 401 g/mol. The van der Waals surface area contributed by atoms with Crippen LogP contribution in [0.5, 0.6) is 5.75 Å². The highest BCUT2D eigenvalue weighted by atomic mass is 32.2. The van der Waals surface area contributed by atoms with Gasteiger partial charge in [-0.1, -0.05) is 29.4 Å². The van der Waals surface area contributed by atoms with E-state index >= 15 is 0 Å². The van der Waals surface area contributed by atoms with Crippen LogP contribution in [0.1, 0.15) is 13.8 Å². The van der Waals surface area contributed by atoms with Crippen molar-refractivity contribution in [2.45, 2.75) is 24.0 Å². The predicted molar refractivity (Wildman–Crippen MR) is 103 cm³/mol. The lowest BCUT2D eigenvalue weighted by molar-refractivity contribution is -0.118. The number of para-hydroxylation sites is 1. The zero-order chi connectivity index (χ0) is 20.1. The Morgan fingerprint density at radius 2 is 1.86 bits per heavy atom. The number of carbonyl (C=O) groups is 1. The highest BCUT2D eigenvalue weighted by Gasteiger charge is 2.20. The van der Waals surface area contributed by atoms with Crippen molar-refractivity contribution >= 4 is 21.8 Å². The second-order valence-electron chi connectivity index (χ2n) is 6.18. The zero-order valence-electron chi connectivity index (χ0n) is 15.3. The average Bonchev–Trinajstić information content (AvgIpc) is 3.15. The van der Waals surface area contributed by atoms with E-state index in [1.54, 1.807) is 50.2 Å². The number of anilines is 1. The second-order valence-corrected chi connectivity index (χ2v) is 8.69. The van der Waals surface area contributed by atoms with Crippen LogP contribution in [0.2, 0.25) is 0 Å². The van der Waals surface area contributed by atoms with Gasteiger partial charge in [0.25, 0.3) is 5.91 Å². The van der Waals surface area contributed by atoms with Gasteiger partial charge in [0.15, 0.2) is 16.4 Å². The molecule has 0 saturated heterocycles. The summed E-state index contributed by atoms with van der Waals surface area (Å²) in [5.74, 6) is 0.197. The summed E-state index contributed by atoms with van der Waals surface area (Å²) in [6, 6.07) is 15.0. The molecule has 0 saturated carbocycles. The topological polar surface area (TPSA) is 111 Å². The summed E-state index contributed by atoms with van der Waals surface area (Å²) in [6.07, 6.45) is 0. The molecular weight excluding hydrogens is 382 g/mol. The van der Waals surface area contributed by atoms with Crippen LogP contribution < -0.4 is 10.1 Å². The van der Waals surface area contributed by atoms with Gasteiger partial charge < -0.3 is 9.15 Å². The number of aromatic nitrogens is 2. The Hall–Kier alpha value is -3.20. The van der Waals surface area contributed by atoms with Crippen LogP contribution in [0.3, 0.4) is 0 Å². The molecule has 0 aliphatic rings. The van der Waals surface area contributed by atoms with E-state index in [-0.39, 0.29) is 23.4 Å². The third-order valence-electron chi connectivity index (χ3n) is 3.81. The first-order valence-electron chi connectivity index (χ1n) is 8.52. The van der Waals surface area contributed by atoms with E-state index in [4.69, 9.17) is 9.15 Å². The van der Waals surface area contributed by atoms with Crippen molar-refractivity contribution < 1.29 is 22.4 Å². The van der Waals surface area contributed by atoms with E-state index in [1.807, 2.05) is 6.07 Å². The van der Waals surface area contributed by atoms with Crippen LogP contribution in [0.25, 0.3) is 11.5 Å². The lowest BCUT2D eigenvalue weighted by atomic mass is 10.2. The molecule has 3 rings (SSSR count). The van der Waals surface area contributed by atoms with Gasteiger partial charge in [-0.3, -0.25) is 10.1 Å². The normalized spacial score (nSPS) is 11.4. The Balaban J connectivity index is 1.68. The van der Waals surface area contributed by atoms with Gasteiger partial charge in [0.05, 0.1) is 10.1 Å². The summed E-state index contributed by atoms with van der Waals surface area (Å²) in [5.41, 5.74) is 0.440. The lowest BCUT2D eigenvalue weighted by Gasteiger charge is -2.08. The number of sulfone groups is 1. The fraction of sp³-hybridized carbons (Fsp3) is 0.211. The molecule has 1 N–H and O–H groups in total. The van der Waals surface area contributed by atoms with Crippen LogP contribution in [0.4, 0.5) is 6.01 Å². The van der Waals surface area contributed by atoms with E-state index in [9.17, 15) is 13.2 Å². The quantitative estimate of drug-likeness (QED) is 0.648. The summed E-state index contributed by atoms with van der Waals surface area (Å²) in [7, 11) is -3.43. The van der Waals surface area contributed by atoms with Crippen molar-refractivity contribution in [3.05, 3.63) is 54.6 Å². The average molecular weight is 401 g/mol. The predicted octanol–water partition coefficient (Wildman–Crippen LogP) is 2.94. The standard InChI is InChI=1S/C19H19N3O5S/c1-13(2)28(24,25)16-10-6-7-14(11-16)18-21-22-19(27-18)20-17(23)12-26-15-8-4-3-5-9-15/h3-11,13H,12H2,1-2H3,(H,20,22,23). The molecule has 28 heavy (non-hydrogen) atoms. The third kappa shape index (κ3) is 4.55. The highest BCUT2D eigenvalue weighted by Crippen LogP contribution is 2.24. The molecule has 0 aliphatic heterocycles. The van der Waals surface area contributed by atoms with Gasteiger partial charge in [-0.05, 0) is 44.2 Å². The van der Waals surface area contributed by atoms with Gasteiger partial charge in [0.2, 0.25) is 5.89 Å². The van der Waals surface area contributed by atoms with Crippen LogP contribution in [-0.2, 0) is 14.6 Å². The van der Waals surface area contributed by atoms with E-state index in [2.05, 4.69) is 15.5 Å². The number of nitrogens with one attached hydrogen (secondary N) is 1.